The van der Waals surface area contributed by atoms with Gasteiger partial charge in [0.15, 0.2) is 9.84 Å². The van der Waals surface area contributed by atoms with Crippen molar-refractivity contribution in [3.8, 4) is 0 Å². The van der Waals surface area contributed by atoms with Crippen LogP contribution in [0.2, 0.25) is 0 Å². The van der Waals surface area contributed by atoms with Crippen LogP contribution in [0.4, 0.5) is 10.5 Å². The summed E-state index contributed by atoms with van der Waals surface area (Å²) in [6, 6.07) is 6.86. The Kier molecular flexibility index (Phi) is 4.88. The fourth-order valence-corrected chi connectivity index (χ4v) is 3.36. The van der Waals surface area contributed by atoms with Crippen molar-refractivity contribution in [3.05, 3.63) is 29.8 Å². The number of carbonyl (C=O) groups excluding carboxylic acids is 1. The van der Waals surface area contributed by atoms with Crippen molar-refractivity contribution >= 4 is 21.6 Å². The van der Waals surface area contributed by atoms with Gasteiger partial charge in [0, 0.05) is 25.0 Å². The number of piperidine rings is 1. The number of hydrogen-bond donors (Lipinski definition) is 1. The van der Waals surface area contributed by atoms with E-state index in [2.05, 4.69) is 12.2 Å². The number of rotatable bonds is 3. The molecule has 1 fully saturated rings. The first-order chi connectivity index (χ1) is 9.83. The zero-order valence-corrected chi connectivity index (χ0v) is 13.3. The van der Waals surface area contributed by atoms with E-state index in [9.17, 15) is 13.2 Å². The van der Waals surface area contributed by atoms with E-state index in [1.54, 1.807) is 24.3 Å². The van der Waals surface area contributed by atoms with Crippen LogP contribution in [0.15, 0.2) is 24.3 Å². The molecule has 1 aromatic rings. The van der Waals surface area contributed by atoms with E-state index in [0.717, 1.165) is 25.1 Å². The third kappa shape index (κ3) is 5.04. The maximum Gasteiger partial charge on any atom is 0.321 e. The molecule has 1 aliphatic heterocycles. The Morgan fingerprint density at radius 1 is 1.33 bits per heavy atom. The Balaban J connectivity index is 1.95. The van der Waals surface area contributed by atoms with Crippen LogP contribution in [-0.2, 0) is 15.6 Å². The third-order valence-electron chi connectivity index (χ3n) is 3.58. The number of hydrogen-bond acceptors (Lipinski definition) is 3. The molecule has 0 aromatic heterocycles. The number of amides is 2. The maximum absolute atomic E-state index is 12.1. The summed E-state index contributed by atoms with van der Waals surface area (Å²) < 4.78 is 22.4. The van der Waals surface area contributed by atoms with Gasteiger partial charge >= 0.3 is 6.03 Å². The van der Waals surface area contributed by atoms with Gasteiger partial charge in [-0.1, -0.05) is 19.1 Å². The summed E-state index contributed by atoms with van der Waals surface area (Å²) in [5.41, 5.74) is 1.41. The van der Waals surface area contributed by atoms with Gasteiger partial charge in [-0.25, -0.2) is 13.2 Å². The van der Waals surface area contributed by atoms with E-state index in [4.69, 9.17) is 0 Å². The fourth-order valence-electron chi connectivity index (χ4n) is 2.56. The van der Waals surface area contributed by atoms with E-state index >= 15 is 0 Å². The molecule has 0 bridgehead atoms. The summed E-state index contributed by atoms with van der Waals surface area (Å²) in [4.78, 5) is 14.0. The standard InChI is InChI=1S/C15H22N2O3S/c1-12-4-3-9-17(10-12)15(18)16-14-7-5-13(6-8-14)11-21(2,19)20/h5-8,12H,3-4,9-11H2,1-2H3,(H,16,18)/t12-/m1/s1. The van der Waals surface area contributed by atoms with Crippen LogP contribution in [-0.4, -0.2) is 38.7 Å². The molecule has 0 unspecified atom stereocenters. The Morgan fingerprint density at radius 2 is 2.00 bits per heavy atom. The van der Waals surface area contributed by atoms with Crippen molar-refractivity contribution in [2.75, 3.05) is 24.7 Å². The lowest BCUT2D eigenvalue weighted by atomic mass is 10.0. The minimum Gasteiger partial charge on any atom is -0.324 e. The van der Waals surface area contributed by atoms with Crippen molar-refractivity contribution in [2.45, 2.75) is 25.5 Å². The molecule has 0 radical (unpaired) electrons. The average molecular weight is 310 g/mol. The second kappa shape index (κ2) is 6.47. The average Bonchev–Trinajstić information content (AvgIpc) is 2.39. The zero-order valence-electron chi connectivity index (χ0n) is 12.5. The van der Waals surface area contributed by atoms with Crippen LogP contribution in [0, 0.1) is 5.92 Å². The van der Waals surface area contributed by atoms with Gasteiger partial charge in [0.2, 0.25) is 0 Å². The monoisotopic (exact) mass is 310 g/mol. The number of benzene rings is 1. The molecular weight excluding hydrogens is 288 g/mol. The fraction of sp³-hybridized carbons (Fsp3) is 0.533. The maximum atomic E-state index is 12.1. The highest BCUT2D eigenvalue weighted by molar-refractivity contribution is 7.89. The Morgan fingerprint density at radius 3 is 2.57 bits per heavy atom. The predicted octanol–water partition coefficient (Wildman–Crippen LogP) is 2.50. The molecule has 0 saturated carbocycles. The summed E-state index contributed by atoms with van der Waals surface area (Å²) in [7, 11) is -3.03. The summed E-state index contributed by atoms with van der Waals surface area (Å²) in [5, 5.41) is 2.86. The van der Waals surface area contributed by atoms with Crippen LogP contribution < -0.4 is 5.32 Å². The van der Waals surface area contributed by atoms with E-state index < -0.39 is 9.84 Å². The smallest absolute Gasteiger partial charge is 0.321 e. The van der Waals surface area contributed by atoms with Crippen molar-refractivity contribution in [2.24, 2.45) is 5.92 Å². The second-order valence-corrected chi connectivity index (χ2v) is 8.03. The third-order valence-corrected chi connectivity index (χ3v) is 4.44. The van der Waals surface area contributed by atoms with Gasteiger partial charge in [0.25, 0.3) is 0 Å². The molecule has 1 atom stereocenters. The van der Waals surface area contributed by atoms with Crippen molar-refractivity contribution in [1.29, 1.82) is 0 Å². The second-order valence-electron chi connectivity index (χ2n) is 5.89. The molecule has 0 spiro atoms. The molecular formula is C15H22N2O3S. The number of urea groups is 1. The van der Waals surface area contributed by atoms with E-state index in [0.29, 0.717) is 11.6 Å². The summed E-state index contributed by atoms with van der Waals surface area (Å²) in [5.74, 6) is 0.562. The molecule has 2 amide bonds. The minimum absolute atomic E-state index is 0.0187. The Bertz CT molecular complexity index is 596. The van der Waals surface area contributed by atoms with Crippen molar-refractivity contribution < 1.29 is 13.2 Å². The summed E-state index contributed by atoms with van der Waals surface area (Å²) >= 11 is 0. The lowest BCUT2D eigenvalue weighted by Gasteiger charge is -2.30. The number of carbonyl (C=O) groups is 1. The van der Waals surface area contributed by atoms with E-state index in [1.807, 2.05) is 4.90 Å². The summed E-state index contributed by atoms with van der Waals surface area (Å²) in [6.07, 6.45) is 3.42. The first-order valence-corrected chi connectivity index (χ1v) is 9.22. The number of nitrogens with zero attached hydrogens (tertiary/aromatic N) is 1. The zero-order chi connectivity index (χ0) is 15.5. The molecule has 116 valence electrons. The molecule has 6 heteroatoms. The van der Waals surface area contributed by atoms with Crippen LogP contribution in [0.5, 0.6) is 0 Å². The van der Waals surface area contributed by atoms with Gasteiger partial charge in [0.1, 0.15) is 0 Å². The number of sulfone groups is 1. The van der Waals surface area contributed by atoms with Crippen LogP contribution in [0.3, 0.4) is 0 Å². The predicted molar refractivity (Wildman–Crippen MR) is 84.0 cm³/mol. The number of nitrogens with one attached hydrogen (secondary N) is 1. The molecule has 2 rings (SSSR count). The molecule has 1 heterocycles. The minimum atomic E-state index is -3.03. The first kappa shape index (κ1) is 15.8. The van der Waals surface area contributed by atoms with Crippen molar-refractivity contribution in [1.82, 2.24) is 4.90 Å². The lowest BCUT2D eigenvalue weighted by molar-refractivity contribution is 0.182. The molecule has 1 aliphatic rings. The normalized spacial score (nSPS) is 19.3. The van der Waals surface area contributed by atoms with Gasteiger partial charge in [0.05, 0.1) is 5.75 Å². The van der Waals surface area contributed by atoms with E-state index in [1.165, 1.54) is 12.7 Å². The van der Waals surface area contributed by atoms with Crippen LogP contribution >= 0.6 is 0 Å². The van der Waals surface area contributed by atoms with Gasteiger partial charge in [-0.3, -0.25) is 0 Å². The topological polar surface area (TPSA) is 66.5 Å². The quantitative estimate of drug-likeness (QED) is 0.932. The van der Waals surface area contributed by atoms with Crippen LogP contribution in [0.25, 0.3) is 0 Å². The van der Waals surface area contributed by atoms with Gasteiger partial charge in [-0.15, -0.1) is 0 Å². The van der Waals surface area contributed by atoms with Crippen molar-refractivity contribution in [3.63, 3.8) is 0 Å². The molecule has 0 aliphatic carbocycles. The van der Waals surface area contributed by atoms with E-state index in [-0.39, 0.29) is 11.8 Å². The Labute approximate surface area is 126 Å². The highest BCUT2D eigenvalue weighted by Gasteiger charge is 2.20. The molecule has 1 aromatic carbocycles. The van der Waals surface area contributed by atoms with Gasteiger partial charge in [-0.2, -0.15) is 0 Å². The molecule has 21 heavy (non-hydrogen) atoms. The highest BCUT2D eigenvalue weighted by Crippen LogP contribution is 2.17. The largest absolute Gasteiger partial charge is 0.324 e. The number of likely N-dealkylation sites (tertiary alicyclic amines) is 1. The number of anilines is 1. The highest BCUT2D eigenvalue weighted by atomic mass is 32.2. The SMILES string of the molecule is C[C@@H]1CCCN(C(=O)Nc2ccc(CS(C)(=O)=O)cc2)C1. The first-order valence-electron chi connectivity index (χ1n) is 7.16. The van der Waals surface area contributed by atoms with Crippen LogP contribution in [0.1, 0.15) is 25.3 Å². The molecule has 1 N–H and O–H groups in total. The van der Waals surface area contributed by atoms with Gasteiger partial charge in [-0.05, 0) is 36.5 Å². The molecule has 5 nitrogen and oxygen atoms in total. The Hall–Kier alpha value is -1.56. The summed E-state index contributed by atoms with van der Waals surface area (Å²) in [6.45, 7) is 3.74. The molecule has 1 saturated heterocycles. The lowest BCUT2D eigenvalue weighted by Crippen LogP contribution is -2.41. The van der Waals surface area contributed by atoms with Gasteiger partial charge < -0.3 is 10.2 Å².